The number of rotatable bonds is 4. The van der Waals surface area contributed by atoms with E-state index in [0.717, 1.165) is 24.3 Å². The first-order valence-corrected chi connectivity index (χ1v) is 8.87. The van der Waals surface area contributed by atoms with E-state index in [4.69, 9.17) is 5.73 Å². The molecule has 0 aliphatic carbocycles. The average molecular weight is 351 g/mol. The molecule has 1 aliphatic rings. The van der Waals surface area contributed by atoms with E-state index in [1.165, 1.54) is 17.2 Å². The van der Waals surface area contributed by atoms with Gasteiger partial charge in [-0.25, -0.2) is 0 Å². The van der Waals surface area contributed by atoms with E-state index in [1.54, 1.807) is 11.8 Å². The summed E-state index contributed by atoms with van der Waals surface area (Å²) in [6, 6.07) is 14.9. The first kappa shape index (κ1) is 18.1. The van der Waals surface area contributed by atoms with Crippen LogP contribution >= 0.6 is 24.2 Å². The fourth-order valence-corrected chi connectivity index (χ4v) is 3.89. The average Bonchev–Trinajstić information content (AvgIpc) is 2.59. The second kappa shape index (κ2) is 8.57. The number of amides is 1. The Bertz CT molecular complexity index is 664. The summed E-state index contributed by atoms with van der Waals surface area (Å²) < 4.78 is 0. The van der Waals surface area contributed by atoms with Crippen molar-refractivity contribution in [2.75, 3.05) is 18.8 Å². The molecule has 1 atom stereocenters. The molecule has 3 nitrogen and oxygen atoms in total. The molecule has 1 heterocycles. The summed E-state index contributed by atoms with van der Waals surface area (Å²) in [6.45, 7) is 1.44. The lowest BCUT2D eigenvalue weighted by Crippen LogP contribution is -2.48. The van der Waals surface area contributed by atoms with Gasteiger partial charge in [0, 0.05) is 24.0 Å². The predicted molar refractivity (Wildman–Crippen MR) is 100 cm³/mol. The zero-order valence-electron chi connectivity index (χ0n) is 13.1. The molecule has 0 aromatic heterocycles. The van der Waals surface area contributed by atoms with Gasteiger partial charge in [-0.15, -0.1) is 24.2 Å². The van der Waals surface area contributed by atoms with Crippen LogP contribution in [-0.4, -0.2) is 35.7 Å². The van der Waals surface area contributed by atoms with E-state index in [9.17, 15) is 4.79 Å². The van der Waals surface area contributed by atoms with E-state index in [2.05, 4.69) is 30.3 Å². The summed E-state index contributed by atoms with van der Waals surface area (Å²) in [7, 11) is 0. The number of nitrogens with two attached hydrogens (primary N) is 1. The Kier molecular flexibility index (Phi) is 6.75. The lowest BCUT2D eigenvalue weighted by Gasteiger charge is -2.35. The van der Waals surface area contributed by atoms with Crippen LogP contribution < -0.4 is 5.73 Å². The first-order chi connectivity index (χ1) is 10.8. The summed E-state index contributed by atoms with van der Waals surface area (Å²) in [5.41, 5.74) is 5.80. The molecule has 0 saturated carbocycles. The normalized spacial score (nSPS) is 17.8. The number of hydrogen-bond acceptors (Lipinski definition) is 3. The second-order valence-electron chi connectivity index (χ2n) is 5.77. The molecule has 0 spiro atoms. The van der Waals surface area contributed by atoms with Crippen molar-refractivity contribution in [2.45, 2.75) is 30.2 Å². The Balaban J connectivity index is 0.00000192. The molecule has 2 aromatic carbocycles. The lowest BCUT2D eigenvalue weighted by atomic mass is 10.0. The maximum Gasteiger partial charge on any atom is 0.233 e. The Hall–Kier alpha value is -1.23. The summed E-state index contributed by atoms with van der Waals surface area (Å²) >= 11 is 1.62. The fourth-order valence-electron chi connectivity index (χ4n) is 3.06. The van der Waals surface area contributed by atoms with E-state index < -0.39 is 0 Å². The number of nitrogens with zero attached hydrogens (tertiary/aromatic N) is 1. The molecule has 2 N–H and O–H groups in total. The van der Waals surface area contributed by atoms with Crippen LogP contribution in [0.3, 0.4) is 0 Å². The molecular formula is C18H23ClN2OS. The Labute approximate surface area is 148 Å². The van der Waals surface area contributed by atoms with Crippen molar-refractivity contribution in [1.82, 2.24) is 4.90 Å². The maximum atomic E-state index is 12.5. The van der Waals surface area contributed by atoms with Crippen molar-refractivity contribution in [3.63, 3.8) is 0 Å². The summed E-state index contributed by atoms with van der Waals surface area (Å²) in [5, 5.41) is 2.45. The number of piperidine rings is 1. The fraction of sp³-hybridized carbons (Fsp3) is 0.389. The minimum atomic E-state index is 0. The molecule has 3 rings (SSSR count). The van der Waals surface area contributed by atoms with Crippen molar-refractivity contribution in [1.29, 1.82) is 0 Å². The molecule has 1 saturated heterocycles. The van der Waals surface area contributed by atoms with Gasteiger partial charge in [0.2, 0.25) is 5.91 Å². The first-order valence-electron chi connectivity index (χ1n) is 7.89. The van der Waals surface area contributed by atoms with Crippen molar-refractivity contribution >= 4 is 40.8 Å². The summed E-state index contributed by atoms with van der Waals surface area (Å²) in [5.74, 6) is 0.711. The number of fused-ring (bicyclic) bond motifs is 1. The third kappa shape index (κ3) is 4.40. The Morgan fingerprint density at radius 1 is 1.17 bits per heavy atom. The van der Waals surface area contributed by atoms with Gasteiger partial charge in [0.05, 0.1) is 5.75 Å². The van der Waals surface area contributed by atoms with Gasteiger partial charge < -0.3 is 10.6 Å². The molecule has 2 aromatic rings. The number of benzene rings is 2. The Morgan fingerprint density at radius 3 is 2.74 bits per heavy atom. The highest BCUT2D eigenvalue weighted by atomic mass is 35.5. The monoisotopic (exact) mass is 350 g/mol. The largest absolute Gasteiger partial charge is 0.338 e. The van der Waals surface area contributed by atoms with Crippen molar-refractivity contribution in [3.05, 3.63) is 42.5 Å². The van der Waals surface area contributed by atoms with Gasteiger partial charge in [0.15, 0.2) is 0 Å². The topological polar surface area (TPSA) is 46.3 Å². The molecule has 124 valence electrons. The SMILES string of the molecule is Cl.NCC1CCCCN1C(=O)CSc1ccc2ccccc2c1. The highest BCUT2D eigenvalue weighted by Crippen LogP contribution is 2.25. The van der Waals surface area contributed by atoms with E-state index >= 15 is 0 Å². The van der Waals surface area contributed by atoms with Gasteiger partial charge in [-0.05, 0) is 42.2 Å². The maximum absolute atomic E-state index is 12.5. The number of carbonyl (C=O) groups is 1. The summed E-state index contributed by atoms with van der Waals surface area (Å²) in [6.07, 6.45) is 3.33. The van der Waals surface area contributed by atoms with Crippen molar-refractivity contribution in [2.24, 2.45) is 5.73 Å². The van der Waals surface area contributed by atoms with Crippen LogP contribution in [0.15, 0.2) is 47.4 Å². The molecule has 5 heteroatoms. The lowest BCUT2D eigenvalue weighted by molar-refractivity contribution is -0.131. The zero-order chi connectivity index (χ0) is 15.4. The van der Waals surface area contributed by atoms with Crippen LogP contribution in [0.25, 0.3) is 10.8 Å². The molecule has 1 amide bonds. The smallest absolute Gasteiger partial charge is 0.233 e. The van der Waals surface area contributed by atoms with Crippen LogP contribution in [0.1, 0.15) is 19.3 Å². The zero-order valence-corrected chi connectivity index (χ0v) is 14.7. The van der Waals surface area contributed by atoms with E-state index in [0.29, 0.717) is 12.3 Å². The second-order valence-corrected chi connectivity index (χ2v) is 6.82. The number of halogens is 1. The third-order valence-electron chi connectivity index (χ3n) is 4.30. The van der Waals surface area contributed by atoms with Crippen LogP contribution in [0.4, 0.5) is 0 Å². The van der Waals surface area contributed by atoms with Crippen molar-refractivity contribution < 1.29 is 4.79 Å². The standard InChI is InChI=1S/C18H22N2OS.ClH/c19-12-16-7-3-4-10-20(16)18(21)13-22-17-9-8-14-5-1-2-6-15(14)11-17;/h1-2,5-6,8-9,11,16H,3-4,7,10,12-13,19H2;1H. The highest BCUT2D eigenvalue weighted by Gasteiger charge is 2.25. The van der Waals surface area contributed by atoms with E-state index in [1.807, 2.05) is 17.0 Å². The number of carbonyl (C=O) groups excluding carboxylic acids is 1. The molecule has 0 radical (unpaired) electrons. The van der Waals surface area contributed by atoms with Crippen LogP contribution in [0, 0.1) is 0 Å². The quantitative estimate of drug-likeness (QED) is 0.855. The molecule has 23 heavy (non-hydrogen) atoms. The van der Waals surface area contributed by atoms with Gasteiger partial charge in [0.1, 0.15) is 0 Å². The van der Waals surface area contributed by atoms with Gasteiger partial charge in [-0.3, -0.25) is 4.79 Å². The number of likely N-dealkylation sites (tertiary alicyclic amines) is 1. The minimum Gasteiger partial charge on any atom is -0.338 e. The molecule has 1 unspecified atom stereocenters. The van der Waals surface area contributed by atoms with Crippen molar-refractivity contribution in [3.8, 4) is 0 Å². The molecule has 1 aliphatic heterocycles. The van der Waals surface area contributed by atoms with Gasteiger partial charge in [-0.1, -0.05) is 30.3 Å². The van der Waals surface area contributed by atoms with Crippen LogP contribution in [-0.2, 0) is 4.79 Å². The molecule has 0 bridgehead atoms. The van der Waals surface area contributed by atoms with Gasteiger partial charge in [-0.2, -0.15) is 0 Å². The van der Waals surface area contributed by atoms with Crippen LogP contribution in [0.2, 0.25) is 0 Å². The minimum absolute atomic E-state index is 0. The highest BCUT2D eigenvalue weighted by molar-refractivity contribution is 8.00. The van der Waals surface area contributed by atoms with Gasteiger partial charge in [0.25, 0.3) is 0 Å². The van der Waals surface area contributed by atoms with E-state index in [-0.39, 0.29) is 24.4 Å². The van der Waals surface area contributed by atoms with Gasteiger partial charge >= 0.3 is 0 Å². The third-order valence-corrected chi connectivity index (χ3v) is 5.28. The summed E-state index contributed by atoms with van der Waals surface area (Å²) in [4.78, 5) is 15.6. The molecule has 1 fully saturated rings. The Morgan fingerprint density at radius 2 is 1.96 bits per heavy atom. The van der Waals surface area contributed by atoms with Crippen LogP contribution in [0.5, 0.6) is 0 Å². The number of thioether (sulfide) groups is 1. The predicted octanol–water partition coefficient (Wildman–Crippen LogP) is 3.69. The molecular weight excluding hydrogens is 328 g/mol. The number of hydrogen-bond donors (Lipinski definition) is 1.